The summed E-state index contributed by atoms with van der Waals surface area (Å²) in [5, 5.41) is 0.371. The summed E-state index contributed by atoms with van der Waals surface area (Å²) in [6.45, 7) is 2.68. The van der Waals surface area contributed by atoms with Crippen LogP contribution in [0.1, 0.15) is 36.4 Å². The SMILES string of the molecule is O=C(C1CCC1)N1CCN(C(c2cncnc2)c2ccc(Cl)cc2F)CC1. The van der Waals surface area contributed by atoms with E-state index in [2.05, 4.69) is 14.9 Å². The average molecular weight is 389 g/mol. The van der Waals surface area contributed by atoms with Crippen LogP contribution in [0.4, 0.5) is 4.39 Å². The molecular formula is C20H22ClFN4O. The smallest absolute Gasteiger partial charge is 0.225 e. The first kappa shape index (κ1) is 18.3. The third-order valence-electron chi connectivity index (χ3n) is 5.60. The second-order valence-electron chi connectivity index (χ2n) is 7.23. The van der Waals surface area contributed by atoms with E-state index in [0.29, 0.717) is 36.8 Å². The Morgan fingerprint density at radius 2 is 1.85 bits per heavy atom. The first-order valence-electron chi connectivity index (χ1n) is 9.36. The van der Waals surface area contributed by atoms with Gasteiger partial charge in [0.1, 0.15) is 12.1 Å². The van der Waals surface area contributed by atoms with Crippen molar-refractivity contribution in [3.63, 3.8) is 0 Å². The Hall–Kier alpha value is -2.05. The van der Waals surface area contributed by atoms with E-state index in [0.717, 1.165) is 24.8 Å². The number of nitrogens with zero attached hydrogens (tertiary/aromatic N) is 4. The number of hydrogen-bond donors (Lipinski definition) is 0. The number of benzene rings is 1. The van der Waals surface area contributed by atoms with Crippen molar-refractivity contribution in [1.29, 1.82) is 0 Å². The molecule has 0 bridgehead atoms. The topological polar surface area (TPSA) is 49.3 Å². The summed E-state index contributed by atoms with van der Waals surface area (Å²) in [5.74, 6) is 0.145. The van der Waals surface area contributed by atoms with Crippen LogP contribution >= 0.6 is 11.6 Å². The van der Waals surface area contributed by atoms with Crippen LogP contribution in [0.2, 0.25) is 5.02 Å². The highest BCUT2D eigenvalue weighted by molar-refractivity contribution is 6.30. The molecule has 2 fully saturated rings. The molecule has 142 valence electrons. The van der Waals surface area contributed by atoms with Crippen LogP contribution in [-0.4, -0.2) is 51.9 Å². The van der Waals surface area contributed by atoms with E-state index in [4.69, 9.17) is 11.6 Å². The zero-order valence-corrected chi connectivity index (χ0v) is 15.8. The van der Waals surface area contributed by atoms with Gasteiger partial charge in [-0.05, 0) is 25.0 Å². The van der Waals surface area contributed by atoms with Crippen LogP contribution < -0.4 is 0 Å². The zero-order chi connectivity index (χ0) is 18.8. The van der Waals surface area contributed by atoms with Gasteiger partial charge in [-0.25, -0.2) is 14.4 Å². The summed E-state index contributed by atoms with van der Waals surface area (Å²) in [5.41, 5.74) is 1.38. The van der Waals surface area contributed by atoms with Crippen molar-refractivity contribution in [3.8, 4) is 0 Å². The third-order valence-corrected chi connectivity index (χ3v) is 5.83. The number of amides is 1. The Kier molecular flexibility index (Phi) is 5.36. The lowest BCUT2D eigenvalue weighted by Gasteiger charge is -2.41. The molecule has 1 aliphatic heterocycles. The molecule has 0 N–H and O–H groups in total. The van der Waals surface area contributed by atoms with Gasteiger partial charge >= 0.3 is 0 Å². The Bertz CT molecular complexity index is 807. The molecule has 0 spiro atoms. The number of piperazine rings is 1. The van der Waals surface area contributed by atoms with Crippen LogP contribution in [0.3, 0.4) is 0 Å². The largest absolute Gasteiger partial charge is 0.340 e. The number of rotatable bonds is 4. The van der Waals surface area contributed by atoms with Gasteiger partial charge in [-0.2, -0.15) is 0 Å². The molecule has 0 radical (unpaired) electrons. The van der Waals surface area contributed by atoms with E-state index >= 15 is 0 Å². The summed E-state index contributed by atoms with van der Waals surface area (Å²) in [7, 11) is 0. The van der Waals surface area contributed by atoms with Gasteiger partial charge in [-0.1, -0.05) is 24.1 Å². The van der Waals surface area contributed by atoms with Crippen LogP contribution in [0.5, 0.6) is 0 Å². The molecular weight excluding hydrogens is 367 g/mol. The molecule has 2 aliphatic rings. The summed E-state index contributed by atoms with van der Waals surface area (Å²) in [4.78, 5) is 24.9. The van der Waals surface area contributed by atoms with E-state index in [1.165, 1.54) is 12.4 Å². The van der Waals surface area contributed by atoms with E-state index in [9.17, 15) is 9.18 Å². The molecule has 2 aromatic rings. The maximum absolute atomic E-state index is 14.7. The Morgan fingerprint density at radius 1 is 1.15 bits per heavy atom. The van der Waals surface area contributed by atoms with Gasteiger partial charge in [0.2, 0.25) is 5.91 Å². The highest BCUT2D eigenvalue weighted by atomic mass is 35.5. The Labute approximate surface area is 163 Å². The van der Waals surface area contributed by atoms with Gasteiger partial charge in [-0.3, -0.25) is 9.69 Å². The van der Waals surface area contributed by atoms with Crippen molar-refractivity contribution in [2.75, 3.05) is 26.2 Å². The van der Waals surface area contributed by atoms with Gasteiger partial charge < -0.3 is 4.90 Å². The molecule has 1 atom stereocenters. The lowest BCUT2D eigenvalue weighted by Crippen LogP contribution is -2.52. The van der Waals surface area contributed by atoms with Crippen LogP contribution in [0.15, 0.2) is 36.9 Å². The third kappa shape index (κ3) is 3.82. The number of halogens is 2. The summed E-state index contributed by atoms with van der Waals surface area (Å²) in [6.07, 6.45) is 8.09. The predicted molar refractivity (Wildman–Crippen MR) is 101 cm³/mol. The highest BCUT2D eigenvalue weighted by Crippen LogP contribution is 2.33. The second-order valence-corrected chi connectivity index (χ2v) is 7.67. The fourth-order valence-electron chi connectivity index (χ4n) is 3.88. The second kappa shape index (κ2) is 7.90. The summed E-state index contributed by atoms with van der Waals surface area (Å²) in [6, 6.07) is 4.46. The zero-order valence-electron chi connectivity index (χ0n) is 15.0. The first-order valence-corrected chi connectivity index (χ1v) is 9.74. The molecule has 1 aromatic heterocycles. The molecule has 1 saturated carbocycles. The number of carbonyl (C=O) groups is 1. The molecule has 2 heterocycles. The van der Waals surface area contributed by atoms with E-state index in [-0.39, 0.29) is 23.7 Å². The van der Waals surface area contributed by atoms with Gasteiger partial charge in [0, 0.05) is 60.6 Å². The summed E-state index contributed by atoms with van der Waals surface area (Å²) < 4.78 is 14.7. The molecule has 1 unspecified atom stereocenters. The van der Waals surface area contributed by atoms with E-state index in [1.54, 1.807) is 24.5 Å². The normalized spacial score (nSPS) is 19.6. The number of aromatic nitrogens is 2. The van der Waals surface area contributed by atoms with Crippen molar-refractivity contribution in [2.45, 2.75) is 25.3 Å². The fourth-order valence-corrected chi connectivity index (χ4v) is 4.03. The van der Waals surface area contributed by atoms with E-state index in [1.807, 2.05) is 4.90 Å². The minimum Gasteiger partial charge on any atom is -0.340 e. The Balaban J connectivity index is 1.56. The minimum absolute atomic E-state index is 0.212. The van der Waals surface area contributed by atoms with Crippen molar-refractivity contribution < 1.29 is 9.18 Å². The fraction of sp³-hybridized carbons (Fsp3) is 0.450. The summed E-state index contributed by atoms with van der Waals surface area (Å²) >= 11 is 5.93. The molecule has 4 rings (SSSR count). The van der Waals surface area contributed by atoms with Gasteiger partial charge in [0.25, 0.3) is 0 Å². The molecule has 1 aromatic carbocycles. The molecule has 1 aliphatic carbocycles. The maximum Gasteiger partial charge on any atom is 0.225 e. The van der Waals surface area contributed by atoms with Crippen molar-refractivity contribution in [1.82, 2.24) is 19.8 Å². The number of hydrogen-bond acceptors (Lipinski definition) is 4. The van der Waals surface area contributed by atoms with Crippen molar-refractivity contribution >= 4 is 17.5 Å². The maximum atomic E-state index is 14.7. The van der Waals surface area contributed by atoms with Gasteiger partial charge in [0.05, 0.1) is 6.04 Å². The standard InChI is InChI=1S/C20H22ClFN4O/c21-16-4-5-17(18(22)10-16)19(15-11-23-13-24-12-15)25-6-8-26(9-7-25)20(27)14-2-1-3-14/h4-5,10-14,19H,1-3,6-9H2. The van der Waals surface area contributed by atoms with Crippen molar-refractivity contribution in [2.24, 2.45) is 5.92 Å². The van der Waals surface area contributed by atoms with Crippen LogP contribution in [0, 0.1) is 11.7 Å². The molecule has 1 saturated heterocycles. The van der Waals surface area contributed by atoms with Gasteiger partial charge in [0.15, 0.2) is 0 Å². The average Bonchev–Trinajstić information content (AvgIpc) is 2.64. The highest BCUT2D eigenvalue weighted by Gasteiger charge is 2.34. The van der Waals surface area contributed by atoms with Crippen LogP contribution in [0.25, 0.3) is 0 Å². The predicted octanol–water partition coefficient (Wildman–Crippen LogP) is 3.30. The lowest BCUT2D eigenvalue weighted by molar-refractivity contribution is -0.140. The molecule has 27 heavy (non-hydrogen) atoms. The lowest BCUT2D eigenvalue weighted by atomic mass is 9.84. The minimum atomic E-state index is -0.343. The van der Waals surface area contributed by atoms with Crippen molar-refractivity contribution in [3.05, 3.63) is 58.9 Å². The van der Waals surface area contributed by atoms with Crippen LogP contribution in [-0.2, 0) is 4.79 Å². The molecule has 7 heteroatoms. The molecule has 1 amide bonds. The molecule has 5 nitrogen and oxygen atoms in total. The first-order chi connectivity index (χ1) is 13.1. The monoisotopic (exact) mass is 388 g/mol. The quantitative estimate of drug-likeness (QED) is 0.806. The van der Waals surface area contributed by atoms with Gasteiger partial charge in [-0.15, -0.1) is 0 Å². The van der Waals surface area contributed by atoms with E-state index < -0.39 is 0 Å². The number of carbonyl (C=O) groups excluding carboxylic acids is 1. The Morgan fingerprint density at radius 3 is 2.44 bits per heavy atom.